The summed E-state index contributed by atoms with van der Waals surface area (Å²) < 4.78 is 8.36. The summed E-state index contributed by atoms with van der Waals surface area (Å²) in [5.41, 5.74) is 3.34. The average molecular weight is 405 g/mol. The van der Waals surface area contributed by atoms with Gasteiger partial charge in [0.15, 0.2) is 11.5 Å². The lowest BCUT2D eigenvalue weighted by Crippen LogP contribution is -2.01. The number of fused-ring (bicyclic) bond motifs is 3. The summed E-state index contributed by atoms with van der Waals surface area (Å²) in [5.74, 6) is 1.65. The van der Waals surface area contributed by atoms with E-state index in [0.717, 1.165) is 40.1 Å². The first-order chi connectivity index (χ1) is 11.7. The largest absolute Gasteiger partial charge is 0.332 e. The minimum Gasteiger partial charge on any atom is -0.332 e. The van der Waals surface area contributed by atoms with Gasteiger partial charge in [0.05, 0.1) is 17.9 Å². The molecule has 6 nitrogen and oxygen atoms in total. The number of hydrogen-bond donors (Lipinski definition) is 0. The molecule has 1 fully saturated rings. The quantitative estimate of drug-likeness (QED) is 0.646. The minimum absolute atomic E-state index is 0.404. The summed E-state index contributed by atoms with van der Waals surface area (Å²) in [6.07, 6.45) is 4.01. The van der Waals surface area contributed by atoms with E-state index in [1.807, 2.05) is 22.8 Å². The van der Waals surface area contributed by atoms with Crippen LogP contribution in [0.3, 0.4) is 0 Å². The normalized spacial score (nSPS) is 16.3. The summed E-state index contributed by atoms with van der Waals surface area (Å²) >= 11 is 9.84. The zero-order valence-corrected chi connectivity index (χ0v) is 14.8. The van der Waals surface area contributed by atoms with E-state index in [-0.39, 0.29) is 0 Å². The number of hydrogen-bond acceptors (Lipinski definition) is 5. The Balaban J connectivity index is 1.66. The van der Waals surface area contributed by atoms with Crippen molar-refractivity contribution in [1.29, 1.82) is 0 Å². The maximum atomic E-state index is 6.37. The van der Waals surface area contributed by atoms with Gasteiger partial charge in [0.2, 0.25) is 0 Å². The fraction of sp³-hybridized carbons (Fsp3) is 0.250. The van der Waals surface area contributed by atoms with E-state index >= 15 is 0 Å². The Hall–Kier alpha value is -1.99. The zero-order valence-electron chi connectivity index (χ0n) is 12.4. The number of rotatable bonds is 2. The molecule has 8 heteroatoms. The molecule has 5 rings (SSSR count). The molecule has 0 atom stereocenters. The molecule has 24 heavy (non-hydrogen) atoms. The number of aromatic nitrogens is 4. The monoisotopic (exact) mass is 403 g/mol. The maximum absolute atomic E-state index is 6.37. The van der Waals surface area contributed by atoms with Gasteiger partial charge in [0, 0.05) is 16.0 Å². The van der Waals surface area contributed by atoms with Crippen LogP contribution in [0.5, 0.6) is 0 Å². The van der Waals surface area contributed by atoms with Crippen molar-refractivity contribution in [2.75, 3.05) is 0 Å². The van der Waals surface area contributed by atoms with Gasteiger partial charge >= 0.3 is 0 Å². The topological polar surface area (TPSA) is 69.1 Å². The molecule has 0 saturated heterocycles. The average Bonchev–Trinajstić information content (AvgIpc) is 3.20. The highest BCUT2D eigenvalue weighted by atomic mass is 79.9. The molecule has 1 aliphatic carbocycles. The van der Waals surface area contributed by atoms with Gasteiger partial charge in [-0.05, 0) is 31.0 Å². The van der Waals surface area contributed by atoms with Crippen molar-refractivity contribution in [3.05, 3.63) is 46.1 Å². The van der Waals surface area contributed by atoms with E-state index < -0.39 is 0 Å². The molecular formula is C16H11BrClN5O. The van der Waals surface area contributed by atoms with Crippen molar-refractivity contribution in [2.24, 2.45) is 4.99 Å². The second kappa shape index (κ2) is 5.26. The van der Waals surface area contributed by atoms with E-state index in [1.54, 1.807) is 6.33 Å². The zero-order chi connectivity index (χ0) is 16.3. The van der Waals surface area contributed by atoms with E-state index in [9.17, 15) is 0 Å². The summed E-state index contributed by atoms with van der Waals surface area (Å²) in [6.45, 7) is 0.404. The first-order valence-electron chi connectivity index (χ1n) is 7.61. The molecule has 120 valence electrons. The highest BCUT2D eigenvalue weighted by Crippen LogP contribution is 2.39. The molecule has 2 aromatic heterocycles. The van der Waals surface area contributed by atoms with E-state index in [2.05, 4.69) is 36.0 Å². The molecule has 3 heterocycles. The Morgan fingerprint density at radius 2 is 2.17 bits per heavy atom. The lowest BCUT2D eigenvalue weighted by atomic mass is 10.2. The van der Waals surface area contributed by atoms with Gasteiger partial charge in [-0.25, -0.2) is 4.98 Å². The number of nitrogens with zero attached hydrogens (tertiary/aromatic N) is 5. The van der Waals surface area contributed by atoms with Crippen LogP contribution in [-0.2, 0) is 6.54 Å². The Bertz CT molecular complexity index is 988. The second-order valence-corrected chi connectivity index (χ2v) is 7.18. The van der Waals surface area contributed by atoms with Crippen LogP contribution in [0, 0.1) is 0 Å². The standard InChI is InChI=1S/C16H11BrClN5O/c17-9-3-4-11-10(5-9)14(18)19-6-12-13(20-7-23(11)12)16-21-15(22-24-16)8-1-2-8/h3-5,7-8H,1-2,6H2. The van der Waals surface area contributed by atoms with Crippen LogP contribution in [0.1, 0.15) is 35.8 Å². The number of benzene rings is 1. The molecule has 0 N–H and O–H groups in total. The van der Waals surface area contributed by atoms with Crippen LogP contribution in [-0.4, -0.2) is 24.9 Å². The first kappa shape index (κ1) is 14.4. The third-order valence-corrected chi connectivity index (χ3v) is 5.08. The van der Waals surface area contributed by atoms with Crippen LogP contribution < -0.4 is 0 Å². The lowest BCUT2D eigenvalue weighted by molar-refractivity contribution is 0.421. The van der Waals surface area contributed by atoms with E-state index in [1.165, 1.54) is 0 Å². The molecule has 2 aliphatic rings. The summed E-state index contributed by atoms with van der Waals surface area (Å²) in [4.78, 5) is 13.5. The van der Waals surface area contributed by atoms with Gasteiger partial charge in [0.25, 0.3) is 5.89 Å². The minimum atomic E-state index is 0.404. The Morgan fingerprint density at radius 1 is 1.29 bits per heavy atom. The Labute approximate surface area is 150 Å². The van der Waals surface area contributed by atoms with Crippen LogP contribution in [0.4, 0.5) is 0 Å². The molecule has 1 aromatic carbocycles. The predicted octanol–water partition coefficient (Wildman–Crippen LogP) is 4.06. The van der Waals surface area contributed by atoms with Crippen molar-refractivity contribution in [3.8, 4) is 17.3 Å². The van der Waals surface area contributed by atoms with Gasteiger partial charge in [-0.15, -0.1) is 0 Å². The molecule has 0 radical (unpaired) electrons. The fourth-order valence-electron chi connectivity index (χ4n) is 2.86. The van der Waals surface area contributed by atoms with Crippen molar-refractivity contribution < 1.29 is 4.52 Å². The van der Waals surface area contributed by atoms with Gasteiger partial charge in [0.1, 0.15) is 11.5 Å². The van der Waals surface area contributed by atoms with Crippen molar-refractivity contribution in [1.82, 2.24) is 19.7 Å². The highest BCUT2D eigenvalue weighted by molar-refractivity contribution is 9.10. The number of imidazole rings is 1. The number of halogens is 2. The van der Waals surface area contributed by atoms with Gasteiger partial charge in [-0.3, -0.25) is 9.56 Å². The van der Waals surface area contributed by atoms with Gasteiger partial charge < -0.3 is 4.52 Å². The van der Waals surface area contributed by atoms with E-state index in [0.29, 0.717) is 29.2 Å². The highest BCUT2D eigenvalue weighted by Gasteiger charge is 2.30. The van der Waals surface area contributed by atoms with Crippen LogP contribution in [0.15, 0.2) is 38.5 Å². The lowest BCUT2D eigenvalue weighted by Gasteiger charge is -2.09. The fourth-order valence-corrected chi connectivity index (χ4v) is 3.43. The third-order valence-electron chi connectivity index (χ3n) is 4.26. The van der Waals surface area contributed by atoms with Crippen LogP contribution in [0.25, 0.3) is 17.3 Å². The molecule has 0 amide bonds. The maximum Gasteiger partial charge on any atom is 0.278 e. The Morgan fingerprint density at radius 3 is 3.00 bits per heavy atom. The van der Waals surface area contributed by atoms with Crippen molar-refractivity contribution in [2.45, 2.75) is 25.3 Å². The summed E-state index contributed by atoms with van der Waals surface area (Å²) in [7, 11) is 0. The third kappa shape index (κ3) is 2.22. The molecule has 0 bridgehead atoms. The second-order valence-electron chi connectivity index (χ2n) is 5.91. The van der Waals surface area contributed by atoms with Gasteiger partial charge in [-0.1, -0.05) is 32.7 Å². The molecule has 1 aliphatic heterocycles. The molecule has 1 saturated carbocycles. The van der Waals surface area contributed by atoms with Crippen molar-refractivity contribution >= 4 is 32.7 Å². The summed E-state index contributed by atoms with van der Waals surface area (Å²) in [6, 6.07) is 5.91. The predicted molar refractivity (Wildman–Crippen MR) is 92.6 cm³/mol. The molecule has 0 spiro atoms. The van der Waals surface area contributed by atoms with Gasteiger partial charge in [-0.2, -0.15) is 4.98 Å². The SMILES string of the molecule is ClC1=NCc2c(-c3nc(C4CC4)no3)ncn2-c2ccc(Br)cc21. The number of aliphatic imine (C=N–C) groups is 1. The van der Waals surface area contributed by atoms with Crippen LogP contribution in [0.2, 0.25) is 0 Å². The van der Waals surface area contributed by atoms with Crippen LogP contribution >= 0.6 is 27.5 Å². The van der Waals surface area contributed by atoms with Crippen molar-refractivity contribution in [3.63, 3.8) is 0 Å². The molecule has 3 aromatic rings. The molecular weight excluding hydrogens is 394 g/mol. The smallest absolute Gasteiger partial charge is 0.278 e. The molecule has 0 unspecified atom stereocenters. The van der Waals surface area contributed by atoms with E-state index in [4.69, 9.17) is 16.1 Å². The summed E-state index contributed by atoms with van der Waals surface area (Å²) in [5, 5.41) is 4.55. The Kier molecular flexibility index (Phi) is 3.14. The first-order valence-corrected chi connectivity index (χ1v) is 8.78.